The van der Waals surface area contributed by atoms with Crippen molar-refractivity contribution in [2.75, 3.05) is 0 Å². The first-order valence-electron chi connectivity index (χ1n) is 23.5. The van der Waals surface area contributed by atoms with E-state index in [-0.39, 0.29) is 0 Å². The fourth-order valence-electron chi connectivity index (χ4n) is 9.76. The van der Waals surface area contributed by atoms with Crippen molar-refractivity contribution >= 4 is 43.1 Å². The number of allylic oxidation sites excluding steroid dienone is 1. The van der Waals surface area contributed by atoms with Crippen LogP contribution < -0.4 is 0 Å². The monoisotopic (exact) mass is 938 g/mol. The Bertz CT molecular complexity index is 3200. The average molecular weight is 939 g/mol. The molecule has 0 aliphatic heterocycles. The highest BCUT2D eigenvalue weighted by molar-refractivity contribution is 8.34. The fraction of sp³-hybridized carbons (Fsp3) is 0.0156. The highest BCUT2D eigenvalue weighted by Crippen LogP contribution is 2.74. The molecule has 0 amide bonds. The highest BCUT2D eigenvalue weighted by Gasteiger charge is 2.35. The van der Waals surface area contributed by atoms with Crippen LogP contribution in [-0.2, 0) is 0 Å². The van der Waals surface area contributed by atoms with Crippen LogP contribution in [0, 0.1) is 0 Å². The molecular formula is C64H50N4S2. The third-order valence-corrected chi connectivity index (χ3v) is 20.7. The summed E-state index contributed by atoms with van der Waals surface area (Å²) in [4.78, 5) is 26.1. The van der Waals surface area contributed by atoms with Crippen molar-refractivity contribution in [2.45, 2.75) is 46.1 Å². The molecule has 0 atom stereocenters. The van der Waals surface area contributed by atoms with Crippen molar-refractivity contribution in [3.63, 3.8) is 0 Å². The molecule has 2 aromatic heterocycles. The van der Waals surface area contributed by atoms with Crippen molar-refractivity contribution in [1.82, 2.24) is 19.5 Å². The highest BCUT2D eigenvalue weighted by atomic mass is 32.3. The quantitative estimate of drug-likeness (QED) is 0.116. The van der Waals surface area contributed by atoms with Crippen LogP contribution in [-0.4, -0.2) is 19.5 Å². The van der Waals surface area contributed by atoms with Gasteiger partial charge in [-0.25, -0.2) is 4.98 Å². The zero-order chi connectivity index (χ0) is 47.3. The predicted molar refractivity (Wildman–Crippen MR) is 292 cm³/mol. The normalized spacial score (nSPS) is 12.2. The lowest BCUT2D eigenvalue weighted by Gasteiger charge is -2.42. The molecule has 9 aromatic carbocycles. The average Bonchev–Trinajstić information content (AvgIpc) is 3.76. The van der Waals surface area contributed by atoms with E-state index in [0.29, 0.717) is 17.6 Å². The molecule has 0 spiro atoms. The third kappa shape index (κ3) is 7.68. The predicted octanol–water partition coefficient (Wildman–Crippen LogP) is 17.5. The molecule has 0 aliphatic rings. The molecule has 0 radical (unpaired) electrons. The van der Waals surface area contributed by atoms with Gasteiger partial charge < -0.3 is 0 Å². The number of rotatable bonds is 13. The van der Waals surface area contributed by atoms with Gasteiger partial charge in [0.1, 0.15) is 0 Å². The maximum absolute atomic E-state index is 5.37. The van der Waals surface area contributed by atoms with Crippen LogP contribution in [0.2, 0.25) is 0 Å². The van der Waals surface area contributed by atoms with Gasteiger partial charge in [-0.1, -0.05) is 170 Å². The molecule has 6 heteroatoms. The van der Waals surface area contributed by atoms with Crippen molar-refractivity contribution in [3.05, 3.63) is 279 Å². The minimum absolute atomic E-state index is 0.529. The number of hydrogen-bond donors (Lipinski definition) is 0. The van der Waals surface area contributed by atoms with E-state index < -0.39 is 20.1 Å². The van der Waals surface area contributed by atoms with Gasteiger partial charge in [0.25, 0.3) is 0 Å². The van der Waals surface area contributed by atoms with Gasteiger partial charge in [0.15, 0.2) is 11.6 Å². The summed E-state index contributed by atoms with van der Waals surface area (Å²) in [6.07, 6.45) is 6.10. The molecule has 2 heterocycles. The molecule has 338 valence electrons. The number of para-hydroxylation sites is 1. The zero-order valence-electron chi connectivity index (χ0n) is 38.8. The summed E-state index contributed by atoms with van der Waals surface area (Å²) < 4.78 is 2.15. The van der Waals surface area contributed by atoms with Crippen LogP contribution in [0.4, 0.5) is 0 Å². The maximum atomic E-state index is 5.37. The Morgan fingerprint density at radius 2 is 0.686 bits per heavy atom. The van der Waals surface area contributed by atoms with Gasteiger partial charge >= 0.3 is 0 Å². The Morgan fingerprint density at radius 1 is 0.371 bits per heavy atom. The number of benzene rings is 9. The van der Waals surface area contributed by atoms with E-state index in [1.54, 1.807) is 0 Å². The first kappa shape index (κ1) is 44.2. The molecule has 4 nitrogen and oxygen atoms in total. The lowest BCUT2D eigenvalue weighted by atomic mass is 10.1. The summed E-state index contributed by atoms with van der Waals surface area (Å²) in [6, 6.07) is 91.8. The van der Waals surface area contributed by atoms with E-state index >= 15 is 0 Å². The van der Waals surface area contributed by atoms with E-state index in [9.17, 15) is 0 Å². The summed E-state index contributed by atoms with van der Waals surface area (Å²) in [5.74, 6) is 1.69. The molecule has 0 saturated carbocycles. The van der Waals surface area contributed by atoms with Gasteiger partial charge in [-0.2, -0.15) is 9.97 Å². The molecule has 0 unspecified atom stereocenters. The Morgan fingerprint density at radius 3 is 1.01 bits per heavy atom. The van der Waals surface area contributed by atoms with Gasteiger partial charge in [-0.3, -0.25) is 4.57 Å². The number of aromatic nitrogens is 4. The molecule has 70 heavy (non-hydrogen) atoms. The second-order valence-electron chi connectivity index (χ2n) is 16.8. The Kier molecular flexibility index (Phi) is 12.2. The summed E-state index contributed by atoms with van der Waals surface area (Å²) in [6.45, 7) is 6.29. The molecule has 0 saturated heterocycles. The number of hydrogen-bond acceptors (Lipinski definition) is 3. The second-order valence-corrected chi connectivity index (χ2v) is 23.0. The second kappa shape index (κ2) is 19.4. The minimum Gasteiger partial charge on any atom is -0.278 e. The van der Waals surface area contributed by atoms with Crippen LogP contribution in [0.3, 0.4) is 0 Å². The lowest BCUT2D eigenvalue weighted by Crippen LogP contribution is -2.08. The Labute approximate surface area is 413 Å². The fourth-order valence-corrected chi connectivity index (χ4v) is 17.5. The van der Waals surface area contributed by atoms with Crippen molar-refractivity contribution in [3.8, 4) is 28.7 Å². The van der Waals surface area contributed by atoms with Crippen molar-refractivity contribution in [2.24, 2.45) is 0 Å². The van der Waals surface area contributed by atoms with Crippen molar-refractivity contribution < 1.29 is 0 Å². The Hall–Kier alpha value is -8.29. The topological polar surface area (TPSA) is 43.6 Å². The zero-order valence-corrected chi connectivity index (χ0v) is 40.4. The van der Waals surface area contributed by atoms with Gasteiger partial charge in [-0.15, -0.1) is 20.1 Å². The third-order valence-electron chi connectivity index (χ3n) is 12.8. The Balaban J connectivity index is 1.12. The first-order valence-corrected chi connectivity index (χ1v) is 26.7. The summed E-state index contributed by atoms with van der Waals surface area (Å²) in [7, 11) is -3.80. The van der Waals surface area contributed by atoms with E-state index in [1.165, 1.54) is 39.2 Å². The lowest BCUT2D eigenvalue weighted by molar-refractivity contribution is 0.925. The summed E-state index contributed by atoms with van der Waals surface area (Å²) in [5, 5.41) is 1.08. The van der Waals surface area contributed by atoms with Crippen LogP contribution in [0.15, 0.2) is 307 Å². The summed E-state index contributed by atoms with van der Waals surface area (Å²) >= 11 is 0. The number of nitrogens with zero attached hydrogens (tertiary/aromatic N) is 4. The molecule has 0 N–H and O–H groups in total. The number of fused-ring (bicyclic) bond motifs is 1. The molecule has 11 aromatic rings. The molecule has 0 bridgehead atoms. The van der Waals surface area contributed by atoms with Gasteiger partial charge in [0.05, 0.1) is 11.2 Å². The van der Waals surface area contributed by atoms with E-state index in [2.05, 4.69) is 278 Å². The standard InChI is InChI=1S/C64H50N4S2/c1-3-25-60-58(4-2)59-38-23-24-39-61(59)68(60)64-66-62(48-40-44-56(45-41-48)69(50-26-11-5-12-27-50,51-28-13-6-14-29-51)52-30-15-7-16-31-52)65-63(67-64)49-42-46-57(47-43-49)70(53-32-17-8-18-33-53,54-34-19-9-20-35-54)55-36-21-10-22-37-55/h3-47H,2H2,1H3/b25-3-. The smallest absolute Gasteiger partial charge is 0.238 e. The van der Waals surface area contributed by atoms with Crippen molar-refractivity contribution in [1.29, 1.82) is 0 Å². The largest absolute Gasteiger partial charge is 0.278 e. The van der Waals surface area contributed by atoms with Crippen LogP contribution in [0.1, 0.15) is 18.2 Å². The first-order chi connectivity index (χ1) is 34.6. The van der Waals surface area contributed by atoms with Crippen LogP contribution in [0.5, 0.6) is 0 Å². The summed E-state index contributed by atoms with van der Waals surface area (Å²) in [5.41, 5.74) is 4.75. The maximum Gasteiger partial charge on any atom is 0.238 e. The minimum atomic E-state index is -1.90. The van der Waals surface area contributed by atoms with E-state index in [0.717, 1.165) is 33.3 Å². The van der Waals surface area contributed by atoms with Gasteiger partial charge in [0, 0.05) is 61.2 Å². The molecular weight excluding hydrogens is 889 g/mol. The SMILES string of the molecule is C=Cc1c(/C=C\C)n(-c2nc(-c3ccc(S(c4ccccc4)(c4ccccc4)c4ccccc4)cc3)nc(-c3ccc(S(c4ccccc4)(c4ccccc4)c4ccccc4)cc3)n2)c2ccccc12. The van der Waals surface area contributed by atoms with Gasteiger partial charge in [0.2, 0.25) is 5.95 Å². The van der Waals surface area contributed by atoms with E-state index in [1.807, 2.05) is 13.0 Å². The molecule has 11 rings (SSSR count). The van der Waals surface area contributed by atoms with Crippen LogP contribution >= 0.6 is 20.1 Å². The van der Waals surface area contributed by atoms with Crippen LogP contribution in [0.25, 0.3) is 51.8 Å². The van der Waals surface area contributed by atoms with Gasteiger partial charge in [-0.05, 0) is 116 Å². The molecule has 0 aliphatic carbocycles. The van der Waals surface area contributed by atoms with E-state index in [4.69, 9.17) is 15.0 Å². The molecule has 0 fully saturated rings.